The molecule has 2 aromatic carbocycles. The van der Waals surface area contributed by atoms with E-state index in [1.54, 1.807) is 19.3 Å². The molecule has 0 radical (unpaired) electrons. The number of rotatable bonds is 7. The molecule has 1 saturated heterocycles. The van der Waals surface area contributed by atoms with Gasteiger partial charge in [0.25, 0.3) is 11.5 Å². The number of aryl methyl sites for hydroxylation is 2. The molecule has 3 heterocycles. The molecular formula is C29H32N6O2S. The van der Waals surface area contributed by atoms with Gasteiger partial charge < -0.3 is 20.1 Å². The summed E-state index contributed by atoms with van der Waals surface area (Å²) < 4.78 is 1.53. The van der Waals surface area contributed by atoms with Crippen LogP contribution in [-0.2, 0) is 13.6 Å². The van der Waals surface area contributed by atoms with E-state index in [9.17, 15) is 9.59 Å². The molecule has 4 aromatic rings. The second-order valence-corrected chi connectivity index (χ2v) is 10.6. The number of amides is 1. The predicted octanol–water partition coefficient (Wildman–Crippen LogP) is 4.56. The molecule has 8 nitrogen and oxygen atoms in total. The fourth-order valence-corrected chi connectivity index (χ4v) is 5.08. The monoisotopic (exact) mass is 528 g/mol. The number of hydrogen-bond donors (Lipinski definition) is 2. The summed E-state index contributed by atoms with van der Waals surface area (Å²) in [7, 11) is 3.88. The van der Waals surface area contributed by atoms with E-state index in [0.717, 1.165) is 55.2 Å². The van der Waals surface area contributed by atoms with Crippen LogP contribution < -0.4 is 16.2 Å². The molecule has 0 unspecified atom stereocenters. The third-order valence-corrected chi connectivity index (χ3v) is 7.62. The summed E-state index contributed by atoms with van der Waals surface area (Å²) in [5, 5.41) is 9.00. The Balaban J connectivity index is 1.23. The summed E-state index contributed by atoms with van der Waals surface area (Å²) in [5.41, 5.74) is 5.88. The lowest BCUT2D eigenvalue weighted by molar-refractivity contribution is 0.102. The van der Waals surface area contributed by atoms with Crippen LogP contribution in [-0.4, -0.2) is 58.5 Å². The topological polar surface area (TPSA) is 82.5 Å². The van der Waals surface area contributed by atoms with Crippen LogP contribution in [0, 0.1) is 6.92 Å². The Morgan fingerprint density at radius 2 is 1.76 bits per heavy atom. The summed E-state index contributed by atoms with van der Waals surface area (Å²) in [6.07, 6.45) is 1.74. The number of piperazine rings is 1. The van der Waals surface area contributed by atoms with Crippen LogP contribution in [0.4, 0.5) is 16.5 Å². The van der Waals surface area contributed by atoms with Gasteiger partial charge in [-0.3, -0.25) is 14.5 Å². The van der Waals surface area contributed by atoms with Crippen molar-refractivity contribution in [1.82, 2.24) is 19.4 Å². The third-order valence-electron chi connectivity index (χ3n) is 6.86. The lowest BCUT2D eigenvalue weighted by Crippen LogP contribution is -2.43. The molecule has 0 bridgehead atoms. The molecule has 9 heteroatoms. The van der Waals surface area contributed by atoms with Crippen LogP contribution in [0.15, 0.2) is 71.0 Å². The fraction of sp³-hybridized carbons (Fsp3) is 0.276. The number of nitrogens with zero attached hydrogens (tertiary/aromatic N) is 4. The molecular weight excluding hydrogens is 496 g/mol. The third kappa shape index (κ3) is 6.19. The Labute approximate surface area is 226 Å². The van der Waals surface area contributed by atoms with Crippen LogP contribution in [0.1, 0.15) is 21.5 Å². The number of thiazole rings is 1. The van der Waals surface area contributed by atoms with E-state index in [0.29, 0.717) is 16.4 Å². The Hall–Kier alpha value is -3.79. The molecule has 0 spiro atoms. The van der Waals surface area contributed by atoms with Crippen molar-refractivity contribution in [2.75, 3.05) is 43.9 Å². The van der Waals surface area contributed by atoms with Crippen molar-refractivity contribution in [3.8, 4) is 11.3 Å². The Kier molecular flexibility index (Phi) is 7.69. The standard InChI is InChI=1S/C29H32N6O2S/c1-20-4-9-24(17-25(20)31-29-32-26(19-38-29)23-10-11-34(3)27(36)16-23)30-28(37)22-7-5-21(6-8-22)18-35-14-12-33(2)13-15-35/h4-11,16-17,19H,12-15,18H2,1-3H3,(H,30,37)(H,31,32). The Morgan fingerprint density at radius 3 is 2.50 bits per heavy atom. The number of likely N-dealkylation sites (N-methyl/N-ethyl adjacent to an activating group) is 1. The van der Waals surface area contributed by atoms with Gasteiger partial charge in [-0.1, -0.05) is 18.2 Å². The number of carbonyl (C=O) groups excluding carboxylic acids is 1. The molecule has 196 valence electrons. The van der Waals surface area contributed by atoms with Crippen molar-refractivity contribution >= 4 is 33.8 Å². The van der Waals surface area contributed by atoms with Crippen LogP contribution in [0.3, 0.4) is 0 Å². The average Bonchev–Trinajstić information content (AvgIpc) is 3.38. The normalized spacial score (nSPS) is 14.4. The lowest BCUT2D eigenvalue weighted by Gasteiger charge is -2.32. The highest BCUT2D eigenvalue weighted by atomic mass is 32.1. The summed E-state index contributed by atoms with van der Waals surface area (Å²) in [6, 6.07) is 17.1. The lowest BCUT2D eigenvalue weighted by atomic mass is 10.1. The van der Waals surface area contributed by atoms with E-state index in [4.69, 9.17) is 0 Å². The maximum atomic E-state index is 12.9. The number of benzene rings is 2. The van der Waals surface area contributed by atoms with Gasteiger partial charge >= 0.3 is 0 Å². The maximum absolute atomic E-state index is 12.9. The van der Waals surface area contributed by atoms with Crippen molar-refractivity contribution in [1.29, 1.82) is 0 Å². The van der Waals surface area contributed by atoms with Gasteiger partial charge in [-0.15, -0.1) is 11.3 Å². The van der Waals surface area contributed by atoms with Crippen LogP contribution in [0.5, 0.6) is 0 Å². The molecule has 0 saturated carbocycles. The summed E-state index contributed by atoms with van der Waals surface area (Å²) in [4.78, 5) is 34.3. The van der Waals surface area contributed by atoms with Crippen LogP contribution >= 0.6 is 11.3 Å². The fourth-order valence-electron chi connectivity index (χ4n) is 4.35. The van der Waals surface area contributed by atoms with Gasteiger partial charge in [-0.25, -0.2) is 4.98 Å². The summed E-state index contributed by atoms with van der Waals surface area (Å²) in [5.74, 6) is -0.145. The van der Waals surface area contributed by atoms with Crippen LogP contribution in [0.25, 0.3) is 11.3 Å². The molecule has 1 aliphatic rings. The molecule has 0 aliphatic carbocycles. The SMILES string of the molecule is Cc1ccc(NC(=O)c2ccc(CN3CCN(C)CC3)cc2)cc1Nc1nc(-c2ccn(C)c(=O)c2)cs1. The van der Waals surface area contributed by atoms with Crippen molar-refractivity contribution in [2.24, 2.45) is 7.05 Å². The molecule has 1 fully saturated rings. The van der Waals surface area contributed by atoms with Gasteiger partial charge in [0.05, 0.1) is 5.69 Å². The second kappa shape index (κ2) is 11.3. The van der Waals surface area contributed by atoms with Crippen LogP contribution in [0.2, 0.25) is 0 Å². The second-order valence-electron chi connectivity index (χ2n) is 9.79. The zero-order valence-corrected chi connectivity index (χ0v) is 22.7. The first-order chi connectivity index (χ1) is 18.3. The Morgan fingerprint density at radius 1 is 1.00 bits per heavy atom. The van der Waals surface area contributed by atoms with Gasteiger partial charge in [0.15, 0.2) is 5.13 Å². The first-order valence-electron chi connectivity index (χ1n) is 12.7. The number of hydrogen-bond acceptors (Lipinski definition) is 7. The van der Waals surface area contributed by atoms with Gasteiger partial charge in [0.1, 0.15) is 0 Å². The molecule has 1 amide bonds. The average molecular weight is 529 g/mol. The predicted molar refractivity (Wildman–Crippen MR) is 154 cm³/mol. The highest BCUT2D eigenvalue weighted by Crippen LogP contribution is 2.29. The van der Waals surface area contributed by atoms with Gasteiger partial charge in [0.2, 0.25) is 0 Å². The van der Waals surface area contributed by atoms with E-state index in [2.05, 4.69) is 32.5 Å². The summed E-state index contributed by atoms with van der Waals surface area (Å²) >= 11 is 1.46. The van der Waals surface area contributed by atoms with E-state index in [1.165, 1.54) is 21.5 Å². The minimum atomic E-state index is -0.145. The zero-order valence-electron chi connectivity index (χ0n) is 21.9. The van der Waals surface area contributed by atoms with Crippen molar-refractivity contribution in [3.63, 3.8) is 0 Å². The van der Waals surface area contributed by atoms with Crippen molar-refractivity contribution in [2.45, 2.75) is 13.5 Å². The van der Waals surface area contributed by atoms with Gasteiger partial charge in [-0.2, -0.15) is 0 Å². The van der Waals surface area contributed by atoms with E-state index in [-0.39, 0.29) is 11.5 Å². The summed E-state index contributed by atoms with van der Waals surface area (Å²) in [6.45, 7) is 7.22. The highest BCUT2D eigenvalue weighted by molar-refractivity contribution is 7.14. The maximum Gasteiger partial charge on any atom is 0.255 e. The van der Waals surface area contributed by atoms with Gasteiger partial charge in [-0.05, 0) is 55.4 Å². The first kappa shape index (κ1) is 25.8. The molecule has 38 heavy (non-hydrogen) atoms. The smallest absolute Gasteiger partial charge is 0.255 e. The largest absolute Gasteiger partial charge is 0.331 e. The number of carbonyl (C=O) groups is 1. The van der Waals surface area contributed by atoms with Gasteiger partial charge in [0, 0.05) is 79.9 Å². The number of pyridine rings is 1. The zero-order chi connectivity index (χ0) is 26.6. The highest BCUT2D eigenvalue weighted by Gasteiger charge is 2.15. The Bertz CT molecular complexity index is 1490. The molecule has 2 aromatic heterocycles. The molecule has 2 N–H and O–H groups in total. The minimum Gasteiger partial charge on any atom is -0.331 e. The number of nitrogens with one attached hydrogen (secondary N) is 2. The molecule has 0 atom stereocenters. The van der Waals surface area contributed by atoms with Crippen molar-refractivity contribution in [3.05, 3.63) is 93.2 Å². The van der Waals surface area contributed by atoms with E-state index >= 15 is 0 Å². The number of anilines is 3. The van der Waals surface area contributed by atoms with E-state index in [1.807, 2.05) is 60.8 Å². The first-order valence-corrected chi connectivity index (χ1v) is 13.5. The van der Waals surface area contributed by atoms with E-state index < -0.39 is 0 Å². The van der Waals surface area contributed by atoms with Crippen molar-refractivity contribution < 1.29 is 4.79 Å². The minimum absolute atomic E-state index is 0.0750. The molecule has 5 rings (SSSR count). The molecule has 1 aliphatic heterocycles. The number of aromatic nitrogens is 2. The quantitative estimate of drug-likeness (QED) is 0.366.